The van der Waals surface area contributed by atoms with Crippen LogP contribution in [0.1, 0.15) is 36.0 Å². The van der Waals surface area contributed by atoms with Gasteiger partial charge in [-0.25, -0.2) is 8.42 Å². The van der Waals surface area contributed by atoms with E-state index < -0.39 is 15.6 Å². The van der Waals surface area contributed by atoms with Crippen molar-refractivity contribution in [1.29, 1.82) is 0 Å². The molecule has 1 heterocycles. The van der Waals surface area contributed by atoms with Crippen LogP contribution in [-0.4, -0.2) is 18.1 Å². The molecular formula is C9H13NaO4S2. The molecule has 0 aliphatic carbocycles. The second-order valence-corrected chi connectivity index (χ2v) is 6.84. The van der Waals surface area contributed by atoms with Crippen LogP contribution in [0.4, 0.5) is 0 Å². The van der Waals surface area contributed by atoms with Crippen molar-refractivity contribution >= 4 is 21.5 Å². The Hall–Kier alpha value is 0.570. The van der Waals surface area contributed by atoms with Crippen molar-refractivity contribution in [2.75, 3.05) is 0 Å². The molecule has 16 heavy (non-hydrogen) atoms. The zero-order chi connectivity index (χ0) is 11.9. The third-order valence-electron chi connectivity index (χ3n) is 1.88. The standard InChI is InChI=1S/C9H14O4S2.Na/c1-9(2,3)7-5-4-6(14-7)8(10)15(11,12)13;/h4-5,8,10H,1-3H3,(H,11,12,13);/q;+1/p-1. The SMILES string of the molecule is CC(C)(C)c1ccc(C(O)S(=O)(=O)[O-])s1.[Na+]. The number of rotatable bonds is 2. The summed E-state index contributed by atoms with van der Waals surface area (Å²) in [5.74, 6) is 0. The average Bonchev–Trinajstić information content (AvgIpc) is 2.47. The minimum atomic E-state index is -4.67. The summed E-state index contributed by atoms with van der Waals surface area (Å²) in [6.07, 6.45) is 0. The van der Waals surface area contributed by atoms with E-state index in [1.54, 1.807) is 6.07 Å². The van der Waals surface area contributed by atoms with Gasteiger partial charge in [0, 0.05) is 9.75 Å². The van der Waals surface area contributed by atoms with E-state index in [4.69, 9.17) is 0 Å². The van der Waals surface area contributed by atoms with Crippen LogP contribution in [0, 0.1) is 0 Å². The number of aliphatic hydroxyl groups is 1. The van der Waals surface area contributed by atoms with Crippen molar-refractivity contribution < 1.29 is 47.6 Å². The monoisotopic (exact) mass is 272 g/mol. The Kier molecular flexibility index (Phi) is 5.67. The van der Waals surface area contributed by atoms with E-state index in [9.17, 15) is 18.1 Å². The van der Waals surface area contributed by atoms with Crippen molar-refractivity contribution in [2.45, 2.75) is 31.6 Å². The van der Waals surface area contributed by atoms with Gasteiger partial charge in [-0.3, -0.25) is 0 Å². The molecule has 1 unspecified atom stereocenters. The van der Waals surface area contributed by atoms with Crippen LogP contribution in [-0.2, 0) is 15.5 Å². The molecule has 1 aromatic heterocycles. The molecule has 1 rings (SSSR count). The topological polar surface area (TPSA) is 77.4 Å². The van der Waals surface area contributed by atoms with Crippen molar-refractivity contribution in [3.05, 3.63) is 21.9 Å². The zero-order valence-corrected chi connectivity index (χ0v) is 13.4. The molecule has 0 amide bonds. The second-order valence-electron chi connectivity index (χ2n) is 4.30. The molecule has 0 spiro atoms. The first-order valence-corrected chi connectivity index (χ1v) is 6.64. The van der Waals surface area contributed by atoms with Gasteiger partial charge < -0.3 is 9.66 Å². The van der Waals surface area contributed by atoms with Crippen molar-refractivity contribution in [2.24, 2.45) is 0 Å². The van der Waals surface area contributed by atoms with Gasteiger partial charge in [-0.2, -0.15) is 0 Å². The first-order valence-electron chi connectivity index (χ1n) is 4.35. The Morgan fingerprint density at radius 2 is 1.88 bits per heavy atom. The molecule has 7 heteroatoms. The molecule has 0 fully saturated rings. The third-order valence-corrected chi connectivity index (χ3v) is 4.40. The Labute approximate surface area is 122 Å². The summed E-state index contributed by atoms with van der Waals surface area (Å²) in [7, 11) is -4.67. The molecule has 4 nitrogen and oxygen atoms in total. The summed E-state index contributed by atoms with van der Waals surface area (Å²) in [5, 5.41) is 9.25. The van der Waals surface area contributed by atoms with Crippen molar-refractivity contribution in [3.8, 4) is 0 Å². The van der Waals surface area contributed by atoms with Crippen LogP contribution in [0.2, 0.25) is 0 Å². The fourth-order valence-corrected chi connectivity index (χ4v) is 2.82. The first-order chi connectivity index (χ1) is 6.62. The minimum Gasteiger partial charge on any atom is -0.746 e. The van der Waals surface area contributed by atoms with E-state index in [0.29, 0.717) is 0 Å². The van der Waals surface area contributed by atoms with Crippen molar-refractivity contribution in [3.63, 3.8) is 0 Å². The summed E-state index contributed by atoms with van der Waals surface area (Å²) in [4.78, 5) is 1.11. The van der Waals surface area contributed by atoms with Crippen LogP contribution < -0.4 is 29.6 Å². The predicted octanol–water partition coefficient (Wildman–Crippen LogP) is -1.41. The molecule has 0 bridgehead atoms. The first kappa shape index (κ1) is 16.6. The van der Waals surface area contributed by atoms with Crippen LogP contribution in [0.3, 0.4) is 0 Å². The molecule has 0 aliphatic rings. The van der Waals surface area contributed by atoms with Crippen molar-refractivity contribution in [1.82, 2.24) is 0 Å². The molecule has 1 N–H and O–H groups in total. The maximum atomic E-state index is 10.6. The summed E-state index contributed by atoms with van der Waals surface area (Å²) >= 11 is 1.15. The Morgan fingerprint density at radius 1 is 1.38 bits per heavy atom. The molecule has 0 radical (unpaired) electrons. The van der Waals surface area contributed by atoms with Crippen LogP contribution in [0.5, 0.6) is 0 Å². The van der Waals surface area contributed by atoms with Gasteiger partial charge in [0.15, 0.2) is 5.44 Å². The van der Waals surface area contributed by atoms with Gasteiger partial charge in [0.2, 0.25) is 0 Å². The zero-order valence-electron chi connectivity index (χ0n) is 9.72. The fourth-order valence-electron chi connectivity index (χ4n) is 1.03. The maximum Gasteiger partial charge on any atom is 1.00 e. The normalized spacial score (nSPS) is 14.3. The Morgan fingerprint density at radius 3 is 2.19 bits per heavy atom. The van der Waals surface area contributed by atoms with Gasteiger partial charge in [-0.15, -0.1) is 11.3 Å². The number of hydrogen-bond donors (Lipinski definition) is 1. The molecule has 1 aromatic rings. The fraction of sp³-hybridized carbons (Fsp3) is 0.556. The van der Waals surface area contributed by atoms with E-state index in [0.717, 1.165) is 16.2 Å². The van der Waals surface area contributed by atoms with Gasteiger partial charge >= 0.3 is 29.6 Å². The summed E-state index contributed by atoms with van der Waals surface area (Å²) < 4.78 is 31.8. The van der Waals surface area contributed by atoms with Crippen LogP contribution in [0.25, 0.3) is 0 Å². The molecule has 0 aliphatic heterocycles. The van der Waals surface area contributed by atoms with E-state index in [1.165, 1.54) is 6.07 Å². The molecule has 1 atom stereocenters. The summed E-state index contributed by atoms with van der Waals surface area (Å²) in [6.45, 7) is 5.92. The van der Waals surface area contributed by atoms with E-state index >= 15 is 0 Å². The predicted molar refractivity (Wildman–Crippen MR) is 57.7 cm³/mol. The number of hydrogen-bond acceptors (Lipinski definition) is 5. The average molecular weight is 272 g/mol. The van der Waals surface area contributed by atoms with Gasteiger partial charge in [-0.05, 0) is 17.5 Å². The van der Waals surface area contributed by atoms with Gasteiger partial charge in [0.1, 0.15) is 10.1 Å². The molecule has 86 valence electrons. The molecule has 0 saturated heterocycles. The molecule has 0 aromatic carbocycles. The summed E-state index contributed by atoms with van der Waals surface area (Å²) in [6, 6.07) is 3.21. The number of aliphatic hydroxyl groups excluding tert-OH is 1. The smallest absolute Gasteiger partial charge is 0.746 e. The Bertz CT molecular complexity index is 444. The minimum absolute atomic E-state index is 0. The van der Waals surface area contributed by atoms with Gasteiger partial charge in [0.05, 0.1) is 0 Å². The van der Waals surface area contributed by atoms with Gasteiger partial charge in [0.25, 0.3) is 0 Å². The maximum absolute atomic E-state index is 10.6. The third kappa shape index (κ3) is 4.10. The Balaban J connectivity index is 0.00000225. The van der Waals surface area contributed by atoms with Crippen LogP contribution >= 0.6 is 11.3 Å². The quantitative estimate of drug-likeness (QED) is 0.530. The number of thiophene rings is 1. The summed E-state index contributed by atoms with van der Waals surface area (Å²) in [5.41, 5.74) is -2.06. The second kappa shape index (κ2) is 5.48. The van der Waals surface area contributed by atoms with E-state index in [-0.39, 0.29) is 39.8 Å². The van der Waals surface area contributed by atoms with Crippen LogP contribution in [0.15, 0.2) is 12.1 Å². The van der Waals surface area contributed by atoms with Gasteiger partial charge in [-0.1, -0.05) is 20.8 Å². The van der Waals surface area contributed by atoms with E-state index in [2.05, 4.69) is 0 Å². The largest absolute Gasteiger partial charge is 1.00 e. The van der Waals surface area contributed by atoms with E-state index in [1.807, 2.05) is 20.8 Å². The molecule has 0 saturated carbocycles. The molecular weight excluding hydrogens is 259 g/mol.